The van der Waals surface area contributed by atoms with Crippen molar-refractivity contribution in [3.05, 3.63) is 0 Å². The molecule has 0 aromatic carbocycles. The molecule has 0 aromatic heterocycles. The van der Waals surface area contributed by atoms with Crippen LogP contribution in [0.4, 0.5) is 0 Å². The molecule has 2 aliphatic rings. The molecule has 0 aliphatic carbocycles. The summed E-state index contributed by atoms with van der Waals surface area (Å²) in [5, 5.41) is 0. The van der Waals surface area contributed by atoms with E-state index in [-0.39, 0.29) is 23.4 Å². The molecule has 0 radical (unpaired) electrons. The van der Waals surface area contributed by atoms with E-state index in [1.54, 1.807) is 0 Å². The van der Waals surface area contributed by atoms with Gasteiger partial charge in [-0.15, -0.1) is 0 Å². The quantitative estimate of drug-likeness (QED) is 0.793. The Balaban J connectivity index is 2.03. The van der Waals surface area contributed by atoms with Crippen molar-refractivity contribution in [3.63, 3.8) is 0 Å². The summed E-state index contributed by atoms with van der Waals surface area (Å²) in [4.78, 5) is 15.2. The second-order valence-corrected chi connectivity index (χ2v) is 7.28. The van der Waals surface area contributed by atoms with Gasteiger partial charge in [0.1, 0.15) is 6.10 Å². The minimum Gasteiger partial charge on any atom is -0.369 e. The van der Waals surface area contributed by atoms with E-state index in [0.29, 0.717) is 6.61 Å². The number of hydrogen-bond donors (Lipinski definition) is 0. The van der Waals surface area contributed by atoms with Crippen LogP contribution in [0.1, 0.15) is 47.5 Å². The maximum Gasteiger partial charge on any atom is 0.168 e. The second kappa shape index (κ2) is 5.74. The van der Waals surface area contributed by atoms with Crippen molar-refractivity contribution >= 4 is 5.78 Å². The van der Waals surface area contributed by atoms with Gasteiger partial charge in [0.15, 0.2) is 5.78 Å². The van der Waals surface area contributed by atoms with Gasteiger partial charge in [-0.05, 0) is 47.1 Å². The molecular formula is C16H29NO3. The van der Waals surface area contributed by atoms with Crippen LogP contribution < -0.4 is 0 Å². The first-order valence-electron chi connectivity index (χ1n) is 7.83. The largest absolute Gasteiger partial charge is 0.369 e. The lowest BCUT2D eigenvalue weighted by molar-refractivity contribution is -0.146. The van der Waals surface area contributed by atoms with Gasteiger partial charge in [0, 0.05) is 13.1 Å². The Labute approximate surface area is 122 Å². The highest BCUT2D eigenvalue weighted by atomic mass is 16.5. The van der Waals surface area contributed by atoms with Gasteiger partial charge < -0.3 is 9.47 Å². The standard InChI is InChI=1S/C16H29NO3/c1-6-7-17-8-9-19-13(11-17)14(18)12-10-15(2,3)20-16(12,4)5/h12-13H,6-11H2,1-5H3. The Morgan fingerprint density at radius 2 is 2.00 bits per heavy atom. The molecule has 4 nitrogen and oxygen atoms in total. The Morgan fingerprint density at radius 3 is 2.55 bits per heavy atom. The topological polar surface area (TPSA) is 38.8 Å². The number of carbonyl (C=O) groups is 1. The molecule has 0 N–H and O–H groups in total. The van der Waals surface area contributed by atoms with Gasteiger partial charge in [0.2, 0.25) is 0 Å². The normalized spacial score (nSPS) is 33.2. The van der Waals surface area contributed by atoms with Crippen molar-refractivity contribution in [1.29, 1.82) is 0 Å². The monoisotopic (exact) mass is 283 g/mol. The van der Waals surface area contributed by atoms with Crippen LogP contribution >= 0.6 is 0 Å². The maximum absolute atomic E-state index is 12.8. The van der Waals surface area contributed by atoms with Crippen molar-refractivity contribution < 1.29 is 14.3 Å². The smallest absolute Gasteiger partial charge is 0.168 e. The lowest BCUT2D eigenvalue weighted by atomic mass is 9.82. The molecule has 20 heavy (non-hydrogen) atoms. The van der Waals surface area contributed by atoms with E-state index in [1.807, 2.05) is 13.8 Å². The molecule has 0 aromatic rings. The number of ether oxygens (including phenoxy) is 2. The molecule has 0 spiro atoms. The molecule has 2 aliphatic heterocycles. The van der Waals surface area contributed by atoms with Crippen molar-refractivity contribution in [2.45, 2.75) is 64.8 Å². The molecule has 2 saturated heterocycles. The highest BCUT2D eigenvalue weighted by Crippen LogP contribution is 2.43. The number of ketones is 1. The van der Waals surface area contributed by atoms with Crippen LogP contribution in [0, 0.1) is 5.92 Å². The molecule has 2 unspecified atom stereocenters. The van der Waals surface area contributed by atoms with Gasteiger partial charge in [-0.3, -0.25) is 9.69 Å². The lowest BCUT2D eigenvalue weighted by Gasteiger charge is -2.35. The Hall–Kier alpha value is -0.450. The van der Waals surface area contributed by atoms with Crippen molar-refractivity contribution in [2.75, 3.05) is 26.2 Å². The van der Waals surface area contributed by atoms with Crippen LogP contribution in [0.15, 0.2) is 0 Å². The van der Waals surface area contributed by atoms with Crippen LogP contribution in [0.5, 0.6) is 0 Å². The third-order valence-corrected chi connectivity index (χ3v) is 4.43. The van der Waals surface area contributed by atoms with E-state index in [0.717, 1.165) is 32.5 Å². The first-order valence-corrected chi connectivity index (χ1v) is 7.83. The average molecular weight is 283 g/mol. The van der Waals surface area contributed by atoms with E-state index >= 15 is 0 Å². The van der Waals surface area contributed by atoms with E-state index in [2.05, 4.69) is 25.7 Å². The number of hydrogen-bond acceptors (Lipinski definition) is 4. The van der Waals surface area contributed by atoms with E-state index in [1.165, 1.54) is 0 Å². The molecule has 0 saturated carbocycles. The van der Waals surface area contributed by atoms with Crippen molar-refractivity contribution in [3.8, 4) is 0 Å². The number of morpholine rings is 1. The van der Waals surface area contributed by atoms with Gasteiger partial charge in [-0.2, -0.15) is 0 Å². The van der Waals surface area contributed by atoms with Crippen LogP contribution in [0.3, 0.4) is 0 Å². The zero-order chi connectivity index (χ0) is 15.0. The Bertz CT molecular complexity index is 363. The van der Waals surface area contributed by atoms with Crippen LogP contribution in [-0.4, -0.2) is 54.2 Å². The maximum atomic E-state index is 12.8. The third kappa shape index (κ3) is 3.41. The van der Waals surface area contributed by atoms with Crippen LogP contribution in [0.25, 0.3) is 0 Å². The van der Waals surface area contributed by atoms with Gasteiger partial charge >= 0.3 is 0 Å². The van der Waals surface area contributed by atoms with Crippen LogP contribution in [0.2, 0.25) is 0 Å². The summed E-state index contributed by atoms with van der Waals surface area (Å²) in [6.07, 6.45) is 1.62. The fourth-order valence-corrected chi connectivity index (χ4v) is 3.62. The summed E-state index contributed by atoms with van der Waals surface area (Å²) in [6.45, 7) is 13.7. The molecule has 4 heteroatoms. The first-order chi connectivity index (χ1) is 9.25. The number of carbonyl (C=O) groups excluding carboxylic acids is 1. The van der Waals surface area contributed by atoms with Gasteiger partial charge in [-0.1, -0.05) is 6.92 Å². The summed E-state index contributed by atoms with van der Waals surface area (Å²) in [5.74, 6) is 0.158. The van der Waals surface area contributed by atoms with Crippen molar-refractivity contribution in [1.82, 2.24) is 4.90 Å². The number of nitrogens with zero attached hydrogens (tertiary/aromatic N) is 1. The number of Topliss-reactive ketones (excluding diaryl/α,β-unsaturated/α-hetero) is 1. The molecule has 0 amide bonds. The summed E-state index contributed by atoms with van der Waals surface area (Å²) < 4.78 is 11.8. The number of rotatable bonds is 4. The molecule has 2 rings (SSSR count). The predicted molar refractivity (Wildman–Crippen MR) is 78.8 cm³/mol. The van der Waals surface area contributed by atoms with E-state index in [9.17, 15) is 4.79 Å². The van der Waals surface area contributed by atoms with Gasteiger partial charge in [-0.25, -0.2) is 0 Å². The minimum absolute atomic E-state index is 0.0657. The first kappa shape index (κ1) is 15.9. The minimum atomic E-state index is -0.392. The van der Waals surface area contributed by atoms with Gasteiger partial charge in [0.25, 0.3) is 0 Å². The van der Waals surface area contributed by atoms with Crippen LogP contribution in [-0.2, 0) is 14.3 Å². The van der Waals surface area contributed by atoms with E-state index < -0.39 is 5.60 Å². The van der Waals surface area contributed by atoms with Gasteiger partial charge in [0.05, 0.1) is 23.7 Å². The SMILES string of the molecule is CCCN1CCOC(C(=O)C2CC(C)(C)OC2(C)C)C1. The zero-order valence-electron chi connectivity index (χ0n) is 13.6. The molecule has 2 fully saturated rings. The lowest BCUT2D eigenvalue weighted by Crippen LogP contribution is -2.50. The molecule has 116 valence electrons. The average Bonchev–Trinajstić information content (AvgIpc) is 2.57. The Morgan fingerprint density at radius 1 is 1.30 bits per heavy atom. The molecule has 2 heterocycles. The fraction of sp³-hybridized carbons (Fsp3) is 0.938. The second-order valence-electron chi connectivity index (χ2n) is 7.28. The molecular weight excluding hydrogens is 254 g/mol. The third-order valence-electron chi connectivity index (χ3n) is 4.43. The predicted octanol–water partition coefficient (Wildman–Crippen LogP) is 2.26. The summed E-state index contributed by atoms with van der Waals surface area (Å²) in [7, 11) is 0. The highest BCUT2D eigenvalue weighted by Gasteiger charge is 2.51. The summed E-state index contributed by atoms with van der Waals surface area (Å²) in [5.41, 5.74) is -0.613. The van der Waals surface area contributed by atoms with Crippen molar-refractivity contribution in [2.24, 2.45) is 5.92 Å². The summed E-state index contributed by atoms with van der Waals surface area (Å²) >= 11 is 0. The molecule has 2 atom stereocenters. The fourth-order valence-electron chi connectivity index (χ4n) is 3.62. The van der Waals surface area contributed by atoms with E-state index in [4.69, 9.17) is 9.47 Å². The summed E-state index contributed by atoms with van der Waals surface area (Å²) in [6, 6.07) is 0. The Kier molecular flexibility index (Phi) is 4.57. The molecule has 0 bridgehead atoms. The zero-order valence-corrected chi connectivity index (χ0v) is 13.6. The highest BCUT2D eigenvalue weighted by molar-refractivity contribution is 5.87.